The number of amides is 1. The summed E-state index contributed by atoms with van der Waals surface area (Å²) in [7, 11) is 0. The van der Waals surface area contributed by atoms with Crippen LogP contribution in [-0.4, -0.2) is 42.7 Å². The minimum atomic E-state index is 0.242. The Hall–Kier alpha value is -1.94. The minimum absolute atomic E-state index is 0.242. The number of anilines is 1. The summed E-state index contributed by atoms with van der Waals surface area (Å²) < 4.78 is 0. The number of hydrogen-bond donors (Lipinski definition) is 0. The standard InChI is InChI=1S/C21H26N2OS/c1-16-7-9-19(10-8-16)25-15-21(24)23-13-11-22(12-14-23)20-6-4-5-17(2)18(20)3/h4-10H,11-15H2,1-3H3. The molecule has 1 aliphatic heterocycles. The first-order valence-corrected chi connectivity index (χ1v) is 9.81. The van der Waals surface area contributed by atoms with E-state index >= 15 is 0 Å². The molecule has 3 rings (SSSR count). The molecule has 1 amide bonds. The molecule has 25 heavy (non-hydrogen) atoms. The van der Waals surface area contributed by atoms with Crippen molar-refractivity contribution >= 4 is 23.4 Å². The first-order valence-electron chi connectivity index (χ1n) is 8.83. The normalized spacial score (nSPS) is 14.7. The predicted octanol–water partition coefficient (Wildman–Crippen LogP) is 4.05. The number of aryl methyl sites for hydroxylation is 2. The van der Waals surface area contributed by atoms with E-state index in [1.54, 1.807) is 11.8 Å². The molecular formula is C21H26N2OS. The highest BCUT2D eigenvalue weighted by Gasteiger charge is 2.22. The summed E-state index contributed by atoms with van der Waals surface area (Å²) in [5.41, 5.74) is 5.22. The van der Waals surface area contributed by atoms with Crippen LogP contribution in [-0.2, 0) is 4.79 Å². The lowest BCUT2D eigenvalue weighted by atomic mass is 10.1. The van der Waals surface area contributed by atoms with E-state index in [0.717, 1.165) is 31.1 Å². The van der Waals surface area contributed by atoms with Gasteiger partial charge in [-0.25, -0.2) is 0 Å². The van der Waals surface area contributed by atoms with E-state index < -0.39 is 0 Å². The molecule has 0 unspecified atom stereocenters. The van der Waals surface area contributed by atoms with Crippen molar-refractivity contribution in [2.45, 2.75) is 25.7 Å². The number of rotatable bonds is 4. The van der Waals surface area contributed by atoms with Crippen LogP contribution in [0.5, 0.6) is 0 Å². The van der Waals surface area contributed by atoms with Crippen LogP contribution < -0.4 is 4.90 Å². The molecule has 0 aliphatic carbocycles. The zero-order valence-corrected chi connectivity index (χ0v) is 16.1. The fourth-order valence-electron chi connectivity index (χ4n) is 3.15. The maximum atomic E-state index is 12.5. The van der Waals surface area contributed by atoms with Crippen molar-refractivity contribution < 1.29 is 4.79 Å². The quantitative estimate of drug-likeness (QED) is 0.774. The van der Waals surface area contributed by atoms with Gasteiger partial charge in [0, 0.05) is 36.8 Å². The molecule has 3 nitrogen and oxygen atoms in total. The van der Waals surface area contributed by atoms with Crippen LogP contribution in [0.15, 0.2) is 47.4 Å². The van der Waals surface area contributed by atoms with E-state index in [4.69, 9.17) is 0 Å². The Bertz CT molecular complexity index is 734. The lowest BCUT2D eigenvalue weighted by Crippen LogP contribution is -2.49. The first-order chi connectivity index (χ1) is 12.0. The highest BCUT2D eigenvalue weighted by molar-refractivity contribution is 8.00. The van der Waals surface area contributed by atoms with Crippen LogP contribution in [0.4, 0.5) is 5.69 Å². The average molecular weight is 355 g/mol. The van der Waals surface area contributed by atoms with Gasteiger partial charge in [-0.2, -0.15) is 0 Å². The van der Waals surface area contributed by atoms with Gasteiger partial charge in [0.1, 0.15) is 0 Å². The molecule has 1 saturated heterocycles. The second kappa shape index (κ2) is 7.96. The van der Waals surface area contributed by atoms with Crippen molar-refractivity contribution in [1.29, 1.82) is 0 Å². The van der Waals surface area contributed by atoms with Gasteiger partial charge >= 0.3 is 0 Å². The number of carbonyl (C=O) groups excluding carboxylic acids is 1. The third-order valence-corrected chi connectivity index (χ3v) is 5.93. The van der Waals surface area contributed by atoms with E-state index in [1.807, 2.05) is 4.90 Å². The van der Waals surface area contributed by atoms with Crippen LogP contribution in [0, 0.1) is 20.8 Å². The van der Waals surface area contributed by atoms with E-state index in [9.17, 15) is 4.79 Å². The Labute approximate surface area is 155 Å². The number of benzene rings is 2. The van der Waals surface area contributed by atoms with E-state index in [2.05, 4.69) is 68.1 Å². The number of hydrogen-bond acceptors (Lipinski definition) is 3. The third-order valence-electron chi connectivity index (χ3n) is 4.93. The van der Waals surface area contributed by atoms with Gasteiger partial charge in [-0.05, 0) is 50.1 Å². The second-order valence-electron chi connectivity index (χ2n) is 6.69. The molecule has 0 N–H and O–H groups in total. The van der Waals surface area contributed by atoms with Gasteiger partial charge in [0.05, 0.1) is 5.75 Å². The van der Waals surface area contributed by atoms with E-state index in [1.165, 1.54) is 22.4 Å². The fraction of sp³-hybridized carbons (Fsp3) is 0.381. The van der Waals surface area contributed by atoms with E-state index in [0.29, 0.717) is 5.75 Å². The maximum Gasteiger partial charge on any atom is 0.233 e. The van der Waals surface area contributed by atoms with Crippen molar-refractivity contribution in [2.24, 2.45) is 0 Å². The summed E-state index contributed by atoms with van der Waals surface area (Å²) >= 11 is 1.63. The number of thioether (sulfide) groups is 1. The zero-order valence-electron chi connectivity index (χ0n) is 15.3. The third kappa shape index (κ3) is 4.37. The fourth-order valence-corrected chi connectivity index (χ4v) is 3.95. The molecule has 0 radical (unpaired) electrons. The molecule has 0 aromatic heterocycles. The Morgan fingerprint density at radius 1 is 0.960 bits per heavy atom. The maximum absolute atomic E-state index is 12.5. The molecule has 132 valence electrons. The van der Waals surface area contributed by atoms with Gasteiger partial charge in [-0.15, -0.1) is 11.8 Å². The van der Waals surface area contributed by atoms with Gasteiger partial charge in [0.25, 0.3) is 0 Å². The largest absolute Gasteiger partial charge is 0.368 e. The molecular weight excluding hydrogens is 328 g/mol. The smallest absolute Gasteiger partial charge is 0.233 e. The molecule has 0 bridgehead atoms. The Balaban J connectivity index is 1.52. The molecule has 1 heterocycles. The molecule has 2 aromatic rings. The zero-order chi connectivity index (χ0) is 17.8. The lowest BCUT2D eigenvalue weighted by Gasteiger charge is -2.37. The van der Waals surface area contributed by atoms with Gasteiger partial charge in [0.2, 0.25) is 5.91 Å². The molecule has 0 atom stereocenters. The van der Waals surface area contributed by atoms with Crippen LogP contribution in [0.1, 0.15) is 16.7 Å². The molecule has 0 saturated carbocycles. The van der Waals surface area contributed by atoms with Crippen LogP contribution in [0.25, 0.3) is 0 Å². The predicted molar refractivity (Wildman–Crippen MR) is 107 cm³/mol. The van der Waals surface area contributed by atoms with Crippen molar-refractivity contribution in [2.75, 3.05) is 36.8 Å². The van der Waals surface area contributed by atoms with Crippen molar-refractivity contribution in [3.63, 3.8) is 0 Å². The first kappa shape index (κ1) is 17.9. The summed E-state index contributed by atoms with van der Waals surface area (Å²) in [5, 5.41) is 0. The lowest BCUT2D eigenvalue weighted by molar-refractivity contribution is -0.128. The number of piperazine rings is 1. The highest BCUT2D eigenvalue weighted by atomic mass is 32.2. The van der Waals surface area contributed by atoms with Crippen LogP contribution in [0.3, 0.4) is 0 Å². The van der Waals surface area contributed by atoms with Crippen molar-refractivity contribution in [3.8, 4) is 0 Å². The Morgan fingerprint density at radius 2 is 1.64 bits per heavy atom. The summed E-state index contributed by atoms with van der Waals surface area (Å²) in [6.45, 7) is 9.84. The summed E-state index contributed by atoms with van der Waals surface area (Å²) in [6.07, 6.45) is 0. The average Bonchev–Trinajstić information content (AvgIpc) is 2.63. The minimum Gasteiger partial charge on any atom is -0.368 e. The number of carbonyl (C=O) groups is 1. The van der Waals surface area contributed by atoms with E-state index in [-0.39, 0.29) is 5.91 Å². The van der Waals surface area contributed by atoms with Crippen LogP contribution in [0.2, 0.25) is 0 Å². The summed E-state index contributed by atoms with van der Waals surface area (Å²) in [5.74, 6) is 0.762. The van der Waals surface area contributed by atoms with Gasteiger partial charge in [0.15, 0.2) is 0 Å². The summed E-state index contributed by atoms with van der Waals surface area (Å²) in [4.78, 5) is 18.1. The molecule has 1 aliphatic rings. The monoisotopic (exact) mass is 354 g/mol. The van der Waals surface area contributed by atoms with Crippen LogP contribution >= 0.6 is 11.8 Å². The van der Waals surface area contributed by atoms with Crippen molar-refractivity contribution in [1.82, 2.24) is 4.90 Å². The van der Waals surface area contributed by atoms with Crippen molar-refractivity contribution in [3.05, 3.63) is 59.2 Å². The molecule has 0 spiro atoms. The molecule has 2 aromatic carbocycles. The topological polar surface area (TPSA) is 23.6 Å². The summed E-state index contributed by atoms with van der Waals surface area (Å²) in [6, 6.07) is 14.8. The number of nitrogens with zero attached hydrogens (tertiary/aromatic N) is 2. The molecule has 4 heteroatoms. The SMILES string of the molecule is Cc1ccc(SCC(=O)N2CCN(c3cccc(C)c3C)CC2)cc1. The van der Waals surface area contributed by atoms with Gasteiger partial charge in [-0.1, -0.05) is 29.8 Å². The Morgan fingerprint density at radius 3 is 2.32 bits per heavy atom. The molecule has 1 fully saturated rings. The van der Waals surface area contributed by atoms with Gasteiger partial charge in [-0.3, -0.25) is 4.79 Å². The van der Waals surface area contributed by atoms with Gasteiger partial charge < -0.3 is 9.80 Å². The Kier molecular flexibility index (Phi) is 5.69. The second-order valence-corrected chi connectivity index (χ2v) is 7.74. The highest BCUT2D eigenvalue weighted by Crippen LogP contribution is 2.24.